The summed E-state index contributed by atoms with van der Waals surface area (Å²) in [6.07, 6.45) is 4.62. The Morgan fingerprint density at radius 1 is 1.35 bits per heavy atom. The Balaban J connectivity index is 2.18. The first-order chi connectivity index (χ1) is 8.20. The van der Waals surface area contributed by atoms with Crippen LogP contribution in [0, 0.1) is 0 Å². The lowest BCUT2D eigenvalue weighted by molar-refractivity contribution is 0.618. The van der Waals surface area contributed by atoms with Crippen LogP contribution in [0.2, 0.25) is 0 Å². The van der Waals surface area contributed by atoms with E-state index in [9.17, 15) is 0 Å². The van der Waals surface area contributed by atoms with Gasteiger partial charge in [0.2, 0.25) is 0 Å². The normalized spacial score (nSPS) is 12.6. The summed E-state index contributed by atoms with van der Waals surface area (Å²) in [5, 5.41) is 0. The molecule has 1 aromatic carbocycles. The third-order valence-corrected chi connectivity index (χ3v) is 3.36. The van der Waals surface area contributed by atoms with Crippen molar-refractivity contribution in [3.63, 3.8) is 0 Å². The molecule has 0 fully saturated rings. The number of hydrogen-bond donors (Lipinski definition) is 1. The van der Waals surface area contributed by atoms with Crippen molar-refractivity contribution in [1.29, 1.82) is 0 Å². The lowest BCUT2D eigenvalue weighted by Gasteiger charge is -2.13. The van der Waals surface area contributed by atoms with Gasteiger partial charge in [-0.3, -0.25) is 0 Å². The number of aromatic nitrogens is 2. The molecule has 4 heteroatoms. The molecular weight excluding hydrogens is 278 g/mol. The lowest BCUT2D eigenvalue weighted by atomic mass is 10.1. The zero-order valence-corrected chi connectivity index (χ0v) is 11.4. The SMILES string of the molecule is CC[C@@H](N)c1cncn1Cc1ccc(Br)cc1. The van der Waals surface area contributed by atoms with E-state index in [0.29, 0.717) is 0 Å². The molecule has 3 nitrogen and oxygen atoms in total. The van der Waals surface area contributed by atoms with Crippen LogP contribution in [0.3, 0.4) is 0 Å². The fourth-order valence-corrected chi connectivity index (χ4v) is 2.03. The van der Waals surface area contributed by atoms with E-state index >= 15 is 0 Å². The summed E-state index contributed by atoms with van der Waals surface area (Å²) in [5.41, 5.74) is 8.39. The lowest BCUT2D eigenvalue weighted by Crippen LogP contribution is -2.14. The van der Waals surface area contributed by atoms with Crippen molar-refractivity contribution in [3.05, 3.63) is 52.5 Å². The molecule has 0 amide bonds. The summed E-state index contributed by atoms with van der Waals surface area (Å²) in [6, 6.07) is 8.36. The van der Waals surface area contributed by atoms with Gasteiger partial charge in [0.05, 0.1) is 12.0 Å². The van der Waals surface area contributed by atoms with Crippen LogP contribution in [0.5, 0.6) is 0 Å². The summed E-state index contributed by atoms with van der Waals surface area (Å²) in [4.78, 5) is 4.18. The molecule has 0 unspecified atom stereocenters. The summed E-state index contributed by atoms with van der Waals surface area (Å²) >= 11 is 3.43. The topological polar surface area (TPSA) is 43.8 Å². The molecule has 2 N–H and O–H groups in total. The Morgan fingerprint density at radius 3 is 2.71 bits per heavy atom. The highest BCUT2D eigenvalue weighted by Gasteiger charge is 2.09. The number of halogens is 1. The number of hydrogen-bond acceptors (Lipinski definition) is 2. The van der Waals surface area contributed by atoms with Crippen molar-refractivity contribution in [2.75, 3.05) is 0 Å². The maximum Gasteiger partial charge on any atom is 0.0951 e. The summed E-state index contributed by atoms with van der Waals surface area (Å²) in [5.74, 6) is 0. The highest BCUT2D eigenvalue weighted by Crippen LogP contribution is 2.16. The summed E-state index contributed by atoms with van der Waals surface area (Å²) in [6.45, 7) is 2.90. The van der Waals surface area contributed by atoms with E-state index in [1.807, 2.05) is 24.7 Å². The molecule has 90 valence electrons. The van der Waals surface area contributed by atoms with Crippen LogP contribution in [-0.2, 0) is 6.54 Å². The molecule has 0 bridgehead atoms. The van der Waals surface area contributed by atoms with Gasteiger partial charge in [-0.15, -0.1) is 0 Å². The number of imidazole rings is 1. The van der Waals surface area contributed by atoms with Gasteiger partial charge < -0.3 is 10.3 Å². The minimum Gasteiger partial charge on any atom is -0.329 e. The van der Waals surface area contributed by atoms with Crippen molar-refractivity contribution < 1.29 is 0 Å². The first-order valence-electron chi connectivity index (χ1n) is 5.70. The molecule has 2 rings (SSSR count). The fourth-order valence-electron chi connectivity index (χ4n) is 1.77. The standard InChI is InChI=1S/C13H16BrN3/c1-2-12(15)13-7-16-9-17(13)8-10-3-5-11(14)6-4-10/h3-7,9,12H,2,8,15H2,1H3/t12-/m1/s1. The van der Waals surface area contributed by atoms with Gasteiger partial charge in [0, 0.05) is 23.3 Å². The molecule has 0 spiro atoms. The summed E-state index contributed by atoms with van der Waals surface area (Å²) in [7, 11) is 0. The molecule has 0 saturated carbocycles. The molecule has 2 aromatic rings. The Morgan fingerprint density at radius 2 is 2.06 bits per heavy atom. The Kier molecular flexibility index (Phi) is 3.97. The van der Waals surface area contributed by atoms with Crippen molar-refractivity contribution in [3.8, 4) is 0 Å². The monoisotopic (exact) mass is 293 g/mol. The second-order valence-corrected chi connectivity index (χ2v) is 5.00. The molecule has 1 aromatic heterocycles. The smallest absolute Gasteiger partial charge is 0.0951 e. The van der Waals surface area contributed by atoms with Crippen molar-refractivity contribution in [2.45, 2.75) is 25.9 Å². The van der Waals surface area contributed by atoms with Gasteiger partial charge in [-0.1, -0.05) is 35.0 Å². The van der Waals surface area contributed by atoms with Gasteiger partial charge in [-0.25, -0.2) is 4.98 Å². The third kappa shape index (κ3) is 2.96. The second kappa shape index (κ2) is 5.47. The van der Waals surface area contributed by atoms with Crippen LogP contribution in [-0.4, -0.2) is 9.55 Å². The number of rotatable bonds is 4. The van der Waals surface area contributed by atoms with E-state index in [1.54, 1.807) is 0 Å². The second-order valence-electron chi connectivity index (χ2n) is 4.09. The minimum atomic E-state index is 0.0629. The van der Waals surface area contributed by atoms with Crippen molar-refractivity contribution in [2.24, 2.45) is 5.73 Å². The molecule has 0 aliphatic rings. The van der Waals surface area contributed by atoms with E-state index in [1.165, 1.54) is 5.56 Å². The van der Waals surface area contributed by atoms with Gasteiger partial charge in [0.1, 0.15) is 0 Å². The molecule has 0 aliphatic carbocycles. The Bertz CT molecular complexity index is 476. The van der Waals surface area contributed by atoms with Gasteiger partial charge in [0.15, 0.2) is 0 Å². The fraction of sp³-hybridized carbons (Fsp3) is 0.308. The van der Waals surface area contributed by atoms with E-state index in [4.69, 9.17) is 5.73 Å². The molecule has 1 atom stereocenters. The third-order valence-electron chi connectivity index (χ3n) is 2.83. The van der Waals surface area contributed by atoms with Crippen LogP contribution in [0.1, 0.15) is 30.6 Å². The zero-order valence-electron chi connectivity index (χ0n) is 9.81. The Hall–Kier alpha value is -1.13. The van der Waals surface area contributed by atoms with Gasteiger partial charge >= 0.3 is 0 Å². The van der Waals surface area contributed by atoms with E-state index < -0.39 is 0 Å². The zero-order chi connectivity index (χ0) is 12.3. The van der Waals surface area contributed by atoms with Crippen LogP contribution in [0.15, 0.2) is 41.3 Å². The molecule has 17 heavy (non-hydrogen) atoms. The maximum atomic E-state index is 6.05. The van der Waals surface area contributed by atoms with Crippen molar-refractivity contribution >= 4 is 15.9 Å². The van der Waals surface area contributed by atoms with Gasteiger partial charge in [-0.05, 0) is 24.1 Å². The largest absolute Gasteiger partial charge is 0.329 e. The number of benzene rings is 1. The van der Waals surface area contributed by atoms with Crippen LogP contribution in [0.4, 0.5) is 0 Å². The first kappa shape index (κ1) is 12.3. The predicted molar refractivity (Wildman–Crippen MR) is 72.7 cm³/mol. The highest BCUT2D eigenvalue weighted by atomic mass is 79.9. The van der Waals surface area contributed by atoms with E-state index in [-0.39, 0.29) is 6.04 Å². The number of nitrogens with two attached hydrogens (primary N) is 1. The van der Waals surface area contributed by atoms with Gasteiger partial charge in [-0.2, -0.15) is 0 Å². The van der Waals surface area contributed by atoms with E-state index in [2.05, 4.69) is 44.5 Å². The molecular formula is C13H16BrN3. The quantitative estimate of drug-likeness (QED) is 0.941. The first-order valence-corrected chi connectivity index (χ1v) is 6.50. The molecule has 0 aliphatic heterocycles. The maximum absolute atomic E-state index is 6.05. The highest BCUT2D eigenvalue weighted by molar-refractivity contribution is 9.10. The molecule has 0 saturated heterocycles. The molecule has 0 radical (unpaired) electrons. The number of nitrogens with zero attached hydrogens (tertiary/aromatic N) is 2. The van der Waals surface area contributed by atoms with Crippen LogP contribution in [0.25, 0.3) is 0 Å². The van der Waals surface area contributed by atoms with Gasteiger partial charge in [0.25, 0.3) is 0 Å². The van der Waals surface area contributed by atoms with Crippen molar-refractivity contribution in [1.82, 2.24) is 9.55 Å². The average molecular weight is 294 g/mol. The van der Waals surface area contributed by atoms with Crippen LogP contribution < -0.4 is 5.73 Å². The van der Waals surface area contributed by atoms with E-state index in [0.717, 1.165) is 23.1 Å². The summed E-state index contributed by atoms with van der Waals surface area (Å²) < 4.78 is 3.20. The average Bonchev–Trinajstić information content (AvgIpc) is 2.79. The molecule has 1 heterocycles. The minimum absolute atomic E-state index is 0.0629. The van der Waals surface area contributed by atoms with Crippen LogP contribution >= 0.6 is 15.9 Å². The Labute approximate surface area is 110 Å². The predicted octanol–water partition coefficient (Wildman–Crippen LogP) is 3.10.